The Morgan fingerprint density at radius 3 is 0.551 bits per heavy atom. The summed E-state index contributed by atoms with van der Waals surface area (Å²) in [5, 5.41) is 1.39. The van der Waals surface area contributed by atoms with Crippen LogP contribution in [-0.4, -0.2) is 198 Å². The van der Waals surface area contributed by atoms with Crippen molar-refractivity contribution < 1.29 is 117 Å². The van der Waals surface area contributed by atoms with E-state index in [2.05, 4.69) is 348 Å². The molecule has 0 saturated carbocycles. The van der Waals surface area contributed by atoms with Crippen molar-refractivity contribution >= 4 is 153 Å². The van der Waals surface area contributed by atoms with Crippen molar-refractivity contribution in [1.29, 1.82) is 0 Å². The fourth-order valence-electron chi connectivity index (χ4n) is 13.8. The van der Waals surface area contributed by atoms with Crippen molar-refractivity contribution in [3.05, 3.63) is 102 Å². The molecule has 0 amide bonds. The Labute approximate surface area is 771 Å². The summed E-state index contributed by atoms with van der Waals surface area (Å²) >= 11 is 14.2. The maximum atomic E-state index is 6.53. The van der Waals surface area contributed by atoms with E-state index in [0.29, 0.717) is 10.7 Å². The second-order valence-corrected chi connectivity index (χ2v) is 46.2. The van der Waals surface area contributed by atoms with Crippen LogP contribution in [0.25, 0.3) is 0 Å². The zero-order valence-electron chi connectivity index (χ0n) is 79.8. The van der Waals surface area contributed by atoms with E-state index in [1.54, 1.807) is 0 Å². The van der Waals surface area contributed by atoms with Gasteiger partial charge < -0.3 is 117 Å². The lowest BCUT2D eigenvalue weighted by atomic mass is 9.49. The fourth-order valence-corrected chi connectivity index (χ4v) is 15.7. The summed E-state index contributed by atoms with van der Waals surface area (Å²) in [7, 11) is 9.98. The quantitative estimate of drug-likeness (QED) is 0.0710. The van der Waals surface area contributed by atoms with Gasteiger partial charge in [0.05, 0.1) is 132 Å². The second-order valence-electron chi connectivity index (χ2n) is 43.4. The predicted octanol–water partition coefficient (Wildman–Crippen LogP) is 9.76. The van der Waals surface area contributed by atoms with E-state index in [4.69, 9.17) is 74.5 Å². The van der Waals surface area contributed by atoms with Crippen LogP contribution < -0.4 is 66.7 Å². The van der Waals surface area contributed by atoms with Crippen molar-refractivity contribution in [1.82, 2.24) is 0 Å². The number of nitrogens with zero attached hydrogens (tertiary/aromatic N) is 2. The minimum Gasteiger partial charge on any atom is -1.00 e. The summed E-state index contributed by atoms with van der Waals surface area (Å²) < 4.78 is 104. The highest BCUT2D eigenvalue weighted by molar-refractivity contribution is 9.11. The molecular weight excluding hydrogens is 1880 g/mol. The molecule has 12 rings (SSSR count). The molecule has 0 atom stereocenters. The number of rotatable bonds is 13. The van der Waals surface area contributed by atoms with E-state index in [1.807, 2.05) is 55.4 Å². The number of quaternary nitrogens is 2. The third-order valence-electron chi connectivity index (χ3n) is 27.3. The van der Waals surface area contributed by atoms with Crippen LogP contribution in [0.5, 0.6) is 0 Å². The number of halogens is 6. The summed E-state index contributed by atoms with van der Waals surface area (Å²) in [6.45, 7) is 76.3. The standard InChI is InChI=1S/C26H48B2N2O4.C20H30B2Br2O4.C20H32B2O4.C12H24B2O4.C8H8Br2.2BrH/c1-23(2)24(3,4)32-27(31-23)21-15-20(18-30(12,13)14)22(16-19(21)17-29(9,10)11)28-33-25(5,6)26(7,8)34-28;1-17(2)18(3,4)26-21(25-17)15-9-14(12-24)16(10-13(15)11-23)22-27-19(5,6)20(7,8)28-22;1-13-11-16(22-25-19(7,8)20(9,10)26-22)14(2)12-15(13)21-23-17(3,4)18(5,6)24-21;1-9(2)10(3,4)16-13(15-9)14-17-11(5,6)12(7,8)18-14;1-5-3-8(10)6(2)4-7(5)9;;/h15-16H,17-18H2,1-14H3;9-10H,11-12H2,1-8H3;11-12H,1-10H3;1-8H3;3-4H,1-2H3;2*1H/q+2;;;;;;/p-2. The Hall–Kier alpha value is -0.441. The van der Waals surface area contributed by atoms with E-state index in [0.717, 1.165) is 77.1 Å². The molecule has 0 bridgehead atoms. The number of hydrogen-bond donors (Lipinski definition) is 0. The van der Waals surface area contributed by atoms with Crippen molar-refractivity contribution in [3.8, 4) is 0 Å². The third-order valence-corrected chi connectivity index (χ3v) is 30.2. The summed E-state index contributed by atoms with van der Waals surface area (Å²) in [6, 6.07) is 17.4. The first-order chi connectivity index (χ1) is 51.9. The first-order valence-corrected chi connectivity index (χ1v) is 45.2. The minimum atomic E-state index is -0.476. The van der Waals surface area contributed by atoms with Gasteiger partial charge in [0.1, 0.15) is 13.1 Å². The average molecular weight is 2030 g/mol. The number of alkyl halides is 2. The van der Waals surface area contributed by atoms with Crippen LogP contribution in [-0.2, 0) is 98.2 Å². The third kappa shape index (κ3) is 22.9. The molecule has 8 fully saturated rings. The molecule has 8 aliphatic rings. The normalized spacial score (nSPS) is 24.1. The molecule has 0 aromatic heterocycles. The molecule has 8 heterocycles. The molecule has 4 aromatic carbocycles. The maximum Gasteiger partial charge on any atom is 0.495 e. The molecule has 4 aromatic rings. The zero-order valence-corrected chi connectivity index (χ0v) is 89.3. The second kappa shape index (κ2) is 36.1. The molecule has 658 valence electrons. The van der Waals surface area contributed by atoms with E-state index >= 15 is 0 Å². The first kappa shape index (κ1) is 106. The topological polar surface area (TPSA) is 148 Å². The highest BCUT2D eigenvalue weighted by atomic mass is 79.9. The van der Waals surface area contributed by atoms with E-state index in [1.165, 1.54) is 31.2 Å². The summed E-state index contributed by atoms with van der Waals surface area (Å²) in [5.74, 6) is 0. The molecule has 0 unspecified atom stereocenters. The van der Waals surface area contributed by atoms with Crippen molar-refractivity contribution in [2.24, 2.45) is 0 Å². The lowest BCUT2D eigenvalue weighted by Gasteiger charge is -2.32. The number of aryl methyl sites for hydroxylation is 4. The Kier molecular flexibility index (Phi) is 32.6. The summed E-state index contributed by atoms with van der Waals surface area (Å²) in [5.41, 5.74) is 9.99. The van der Waals surface area contributed by atoms with E-state index in [9.17, 15) is 0 Å². The molecule has 32 heteroatoms. The summed E-state index contributed by atoms with van der Waals surface area (Å²) in [4.78, 5) is 0. The maximum absolute atomic E-state index is 6.53. The largest absolute Gasteiger partial charge is 1.00 e. The smallest absolute Gasteiger partial charge is 0.495 e. The lowest BCUT2D eigenvalue weighted by molar-refractivity contribution is -0.884. The highest BCUT2D eigenvalue weighted by Crippen LogP contribution is 2.46. The molecule has 118 heavy (non-hydrogen) atoms. The van der Waals surface area contributed by atoms with Crippen LogP contribution in [0, 0.1) is 27.7 Å². The molecule has 0 spiro atoms. The van der Waals surface area contributed by atoms with Crippen LogP contribution in [0.2, 0.25) is 0 Å². The first-order valence-electron chi connectivity index (χ1n) is 41.4. The molecule has 0 N–H and O–H groups in total. The van der Waals surface area contributed by atoms with Crippen LogP contribution >= 0.6 is 63.7 Å². The molecular formula is C86H142B8Br6N2O16. The van der Waals surface area contributed by atoms with E-state index in [-0.39, 0.29) is 115 Å². The van der Waals surface area contributed by atoms with Gasteiger partial charge in [-0.3, -0.25) is 0 Å². The highest BCUT2D eigenvalue weighted by Gasteiger charge is 2.65. The van der Waals surface area contributed by atoms with Gasteiger partial charge in [-0.05, 0) is 316 Å². The van der Waals surface area contributed by atoms with Gasteiger partial charge in [-0.2, -0.15) is 0 Å². The van der Waals surface area contributed by atoms with Crippen LogP contribution in [0.3, 0.4) is 0 Å². The Morgan fingerprint density at radius 1 is 0.229 bits per heavy atom. The fraction of sp³-hybridized carbons (Fsp3) is 0.721. The Balaban J connectivity index is 0.000000237. The number of benzene rings is 4. The molecule has 8 aliphatic heterocycles. The van der Waals surface area contributed by atoms with Crippen LogP contribution in [0.1, 0.15) is 266 Å². The van der Waals surface area contributed by atoms with Crippen molar-refractivity contribution in [3.63, 3.8) is 0 Å². The van der Waals surface area contributed by atoms with Gasteiger partial charge in [0, 0.05) is 30.7 Å². The lowest BCUT2D eigenvalue weighted by Crippen LogP contribution is -3.00. The van der Waals surface area contributed by atoms with Gasteiger partial charge in [-0.15, -0.1) is 0 Å². The predicted molar refractivity (Wildman–Crippen MR) is 495 cm³/mol. The Morgan fingerprint density at radius 2 is 0.381 bits per heavy atom. The number of hydrogen-bond acceptors (Lipinski definition) is 16. The zero-order chi connectivity index (χ0) is 88.7. The molecule has 0 radical (unpaired) electrons. The minimum absolute atomic E-state index is 0. The SMILES string of the molecule is CC1(C)OB(B2OC(C)(C)C(C)(C)O2)OC1(C)C.CC1(C)OB(c2cc(CBr)c(B3OC(C)(C)C(C)(C)O3)cc2CBr)OC1(C)C.CC1(C)OB(c2cc(C[N+](C)(C)C)c(B3OC(C)(C)C(C)(C)O3)cc2C[N+](C)(C)C)OC1(C)C.Cc1cc(B2OC(C)(C)C(C)(C)O2)c(C)cc1B1OC(C)(C)C(C)(C)O1.Cc1cc(Br)c(C)cc1Br.[Br-].[Br-]. The van der Waals surface area contributed by atoms with Gasteiger partial charge >= 0.3 is 56.7 Å². The van der Waals surface area contributed by atoms with Crippen LogP contribution in [0.15, 0.2) is 57.5 Å². The van der Waals surface area contributed by atoms with Gasteiger partial charge in [0.25, 0.3) is 0 Å². The van der Waals surface area contributed by atoms with Crippen LogP contribution in [0.4, 0.5) is 0 Å². The molecule has 18 nitrogen and oxygen atoms in total. The van der Waals surface area contributed by atoms with Gasteiger partial charge in [-0.25, -0.2) is 0 Å². The van der Waals surface area contributed by atoms with E-state index < -0.39 is 64.9 Å². The molecule has 8 saturated heterocycles. The average Bonchev–Trinajstić information content (AvgIpc) is 1.62. The van der Waals surface area contributed by atoms with Gasteiger partial charge in [0.15, 0.2) is 0 Å². The summed E-state index contributed by atoms with van der Waals surface area (Å²) in [6.07, 6.45) is 0. The van der Waals surface area contributed by atoms with Crippen molar-refractivity contribution in [2.45, 2.75) is 363 Å². The van der Waals surface area contributed by atoms with Gasteiger partial charge in [0.2, 0.25) is 0 Å². The monoisotopic (exact) mass is 2020 g/mol. The van der Waals surface area contributed by atoms with Gasteiger partial charge in [-0.1, -0.05) is 111 Å². The van der Waals surface area contributed by atoms with Crippen molar-refractivity contribution in [2.75, 3.05) is 42.3 Å². The molecule has 0 aliphatic carbocycles. The Bertz CT molecular complexity index is 3810.